The van der Waals surface area contributed by atoms with Gasteiger partial charge in [0.05, 0.1) is 0 Å². The van der Waals surface area contributed by atoms with Crippen LogP contribution in [0, 0.1) is 0 Å². The van der Waals surface area contributed by atoms with Crippen LogP contribution < -0.4 is 10.9 Å². The Morgan fingerprint density at radius 2 is 1.17 bits per heavy atom. The average Bonchev–Trinajstić information content (AvgIpc) is 2.63. The molecule has 5 nitrogen and oxygen atoms in total. The summed E-state index contributed by atoms with van der Waals surface area (Å²) in [4.78, 5) is 11.6. The van der Waals surface area contributed by atoms with Gasteiger partial charge in [0.2, 0.25) is 0 Å². The molecule has 2 aromatic rings. The van der Waals surface area contributed by atoms with Crippen LogP contribution in [0.2, 0.25) is 0 Å². The second kappa shape index (κ2) is 9.25. The first-order valence-corrected chi connectivity index (χ1v) is 7.89. The number of urea groups is 1. The summed E-state index contributed by atoms with van der Waals surface area (Å²) in [6.45, 7) is 4.02. The molecule has 2 N–H and O–H groups in total. The van der Waals surface area contributed by atoms with Gasteiger partial charge in [-0.2, -0.15) is 10.2 Å². The molecule has 0 aliphatic heterocycles. The molecule has 0 heterocycles. The molecule has 24 heavy (non-hydrogen) atoms. The van der Waals surface area contributed by atoms with Crippen LogP contribution in [0.15, 0.2) is 70.9 Å². The van der Waals surface area contributed by atoms with E-state index in [2.05, 4.69) is 21.1 Å². The maximum atomic E-state index is 11.6. The van der Waals surface area contributed by atoms with Crippen LogP contribution in [0.25, 0.3) is 0 Å². The van der Waals surface area contributed by atoms with Gasteiger partial charge in [0.1, 0.15) is 0 Å². The monoisotopic (exact) mass is 322 g/mol. The smallest absolute Gasteiger partial charge is 0.245 e. The fraction of sp³-hybridized carbons (Fsp3) is 0.211. The van der Waals surface area contributed by atoms with E-state index in [-0.39, 0.29) is 11.8 Å². The molecule has 2 rings (SSSR count). The summed E-state index contributed by atoms with van der Waals surface area (Å²) in [5, 5.41) is 7.89. The van der Waals surface area contributed by atoms with E-state index in [0.29, 0.717) is 0 Å². The Morgan fingerprint density at radius 1 is 0.792 bits per heavy atom. The molecule has 0 saturated carbocycles. The average molecular weight is 322 g/mol. The quantitative estimate of drug-likeness (QED) is 0.615. The summed E-state index contributed by atoms with van der Waals surface area (Å²) < 4.78 is 0. The number of amides is 2. The normalized spacial score (nSPS) is 13.8. The van der Waals surface area contributed by atoms with Crippen LogP contribution in [0.1, 0.15) is 36.8 Å². The van der Waals surface area contributed by atoms with Crippen LogP contribution in [0.5, 0.6) is 0 Å². The van der Waals surface area contributed by atoms with E-state index in [0.717, 1.165) is 11.1 Å². The minimum Gasteiger partial charge on any atom is -0.245 e. The van der Waals surface area contributed by atoms with Gasteiger partial charge < -0.3 is 0 Å². The van der Waals surface area contributed by atoms with Crippen molar-refractivity contribution in [3.05, 3.63) is 71.8 Å². The second-order valence-corrected chi connectivity index (χ2v) is 5.51. The van der Waals surface area contributed by atoms with Crippen molar-refractivity contribution in [1.29, 1.82) is 0 Å². The van der Waals surface area contributed by atoms with Gasteiger partial charge in [0.25, 0.3) is 0 Å². The van der Waals surface area contributed by atoms with Crippen LogP contribution in [-0.4, -0.2) is 18.5 Å². The lowest BCUT2D eigenvalue weighted by Crippen LogP contribution is -2.28. The standard InChI is InChI=1S/C19H22N4O/c1-15(17-9-5-3-6-10-17)13-20-22-19(24)23-21-14-16(2)18-11-7-4-8-12-18/h3-16H,1-2H3,(H2,22,23,24). The van der Waals surface area contributed by atoms with Crippen molar-refractivity contribution in [3.8, 4) is 0 Å². The molecule has 2 atom stereocenters. The van der Waals surface area contributed by atoms with Crippen molar-refractivity contribution in [3.63, 3.8) is 0 Å². The highest BCUT2D eigenvalue weighted by atomic mass is 16.2. The Morgan fingerprint density at radius 3 is 1.54 bits per heavy atom. The zero-order chi connectivity index (χ0) is 17.2. The zero-order valence-electron chi connectivity index (χ0n) is 13.9. The van der Waals surface area contributed by atoms with Gasteiger partial charge in [0.15, 0.2) is 0 Å². The van der Waals surface area contributed by atoms with Crippen molar-refractivity contribution in [2.45, 2.75) is 25.7 Å². The molecular weight excluding hydrogens is 300 g/mol. The summed E-state index contributed by atoms with van der Waals surface area (Å²) in [7, 11) is 0. The third kappa shape index (κ3) is 5.68. The van der Waals surface area contributed by atoms with Gasteiger partial charge in [0, 0.05) is 24.3 Å². The number of nitrogens with zero attached hydrogens (tertiary/aromatic N) is 2. The predicted molar refractivity (Wildman–Crippen MR) is 98.4 cm³/mol. The number of hydrogen-bond donors (Lipinski definition) is 2. The van der Waals surface area contributed by atoms with E-state index in [1.807, 2.05) is 74.5 Å². The number of hydrazone groups is 2. The van der Waals surface area contributed by atoms with Crippen molar-refractivity contribution in [1.82, 2.24) is 10.9 Å². The number of nitrogens with one attached hydrogen (secondary N) is 2. The van der Waals surface area contributed by atoms with Gasteiger partial charge in [-0.05, 0) is 11.1 Å². The number of benzene rings is 2. The minimum atomic E-state index is -0.469. The Labute approximate surface area is 142 Å². The van der Waals surface area contributed by atoms with E-state index in [1.54, 1.807) is 12.4 Å². The van der Waals surface area contributed by atoms with Crippen LogP contribution in [0.3, 0.4) is 0 Å². The highest BCUT2D eigenvalue weighted by molar-refractivity contribution is 5.77. The third-order valence-electron chi connectivity index (χ3n) is 3.58. The zero-order valence-corrected chi connectivity index (χ0v) is 13.9. The molecule has 2 unspecified atom stereocenters. The van der Waals surface area contributed by atoms with Crippen LogP contribution in [-0.2, 0) is 0 Å². The highest BCUT2D eigenvalue weighted by Gasteiger charge is 2.02. The number of hydrogen-bond acceptors (Lipinski definition) is 3. The van der Waals surface area contributed by atoms with Gasteiger partial charge in [-0.1, -0.05) is 74.5 Å². The molecule has 5 heteroatoms. The Balaban J connectivity index is 1.75. The predicted octanol–water partition coefficient (Wildman–Crippen LogP) is 3.86. The van der Waals surface area contributed by atoms with Crippen LogP contribution >= 0.6 is 0 Å². The van der Waals surface area contributed by atoms with E-state index in [9.17, 15) is 4.79 Å². The minimum absolute atomic E-state index is 0.119. The van der Waals surface area contributed by atoms with Gasteiger partial charge in [-0.25, -0.2) is 15.6 Å². The maximum Gasteiger partial charge on any atom is 0.355 e. The molecule has 0 radical (unpaired) electrons. The molecule has 0 saturated heterocycles. The van der Waals surface area contributed by atoms with E-state index >= 15 is 0 Å². The Kier molecular flexibility index (Phi) is 6.71. The lowest BCUT2D eigenvalue weighted by molar-refractivity contribution is 0.242. The topological polar surface area (TPSA) is 65.8 Å². The van der Waals surface area contributed by atoms with Gasteiger partial charge >= 0.3 is 6.03 Å². The highest BCUT2D eigenvalue weighted by Crippen LogP contribution is 2.12. The fourth-order valence-electron chi connectivity index (χ4n) is 2.13. The molecular formula is C19H22N4O. The van der Waals surface area contributed by atoms with Crippen molar-refractivity contribution in [2.24, 2.45) is 10.2 Å². The summed E-state index contributed by atoms with van der Waals surface area (Å²) in [6.07, 6.45) is 3.37. The molecule has 2 amide bonds. The largest absolute Gasteiger partial charge is 0.355 e. The first-order valence-electron chi connectivity index (χ1n) is 7.89. The molecule has 0 aromatic heterocycles. The first-order chi connectivity index (χ1) is 11.7. The van der Waals surface area contributed by atoms with Gasteiger partial charge in [-0.15, -0.1) is 0 Å². The van der Waals surface area contributed by atoms with Crippen molar-refractivity contribution in [2.75, 3.05) is 0 Å². The molecule has 124 valence electrons. The molecule has 0 aliphatic rings. The van der Waals surface area contributed by atoms with E-state index < -0.39 is 6.03 Å². The number of carbonyl (C=O) groups excluding carboxylic acids is 1. The molecule has 0 fully saturated rings. The van der Waals surface area contributed by atoms with Crippen molar-refractivity contribution >= 4 is 18.5 Å². The lowest BCUT2D eigenvalue weighted by Gasteiger charge is -2.06. The van der Waals surface area contributed by atoms with Gasteiger partial charge in [-0.3, -0.25) is 0 Å². The molecule has 0 aliphatic carbocycles. The Bertz CT molecular complexity index is 624. The van der Waals surface area contributed by atoms with E-state index in [4.69, 9.17) is 0 Å². The van der Waals surface area contributed by atoms with Crippen LogP contribution in [0.4, 0.5) is 4.79 Å². The molecule has 2 aromatic carbocycles. The lowest BCUT2D eigenvalue weighted by atomic mass is 10.0. The third-order valence-corrected chi connectivity index (χ3v) is 3.58. The maximum absolute atomic E-state index is 11.6. The summed E-state index contributed by atoms with van der Waals surface area (Å²) in [5.41, 5.74) is 7.08. The molecule has 0 spiro atoms. The summed E-state index contributed by atoms with van der Waals surface area (Å²) >= 11 is 0. The summed E-state index contributed by atoms with van der Waals surface area (Å²) in [6, 6.07) is 19.4. The number of rotatable bonds is 6. The SMILES string of the molecule is CC(C=NNC(=O)NN=CC(C)c1ccccc1)c1ccccc1. The van der Waals surface area contributed by atoms with Crippen molar-refractivity contribution < 1.29 is 4.79 Å². The fourth-order valence-corrected chi connectivity index (χ4v) is 2.13. The Hall–Kier alpha value is -2.95. The summed E-state index contributed by atoms with van der Waals surface area (Å²) in [5.74, 6) is 0.237. The second-order valence-electron chi connectivity index (χ2n) is 5.51. The van der Waals surface area contributed by atoms with E-state index in [1.165, 1.54) is 0 Å². The molecule has 0 bridgehead atoms. The first kappa shape index (κ1) is 17.4. The number of carbonyl (C=O) groups is 1.